The zero-order valence-electron chi connectivity index (χ0n) is 14.5. The fourth-order valence-corrected chi connectivity index (χ4v) is 3.04. The Hall–Kier alpha value is -2.82. The number of ether oxygens (including phenoxy) is 1. The molecule has 130 valence electrons. The molecular weight excluding hydrogens is 316 g/mol. The van der Waals surface area contributed by atoms with Crippen LogP contribution in [0.25, 0.3) is 0 Å². The normalized spacial score (nSPS) is 16.6. The first-order valence-electron chi connectivity index (χ1n) is 8.46. The van der Waals surface area contributed by atoms with E-state index in [1.807, 2.05) is 43.3 Å². The van der Waals surface area contributed by atoms with Gasteiger partial charge in [-0.05, 0) is 42.3 Å². The Morgan fingerprint density at radius 3 is 2.60 bits per heavy atom. The number of hydrogen-bond acceptors (Lipinski definition) is 4. The second-order valence-corrected chi connectivity index (χ2v) is 6.04. The first-order valence-corrected chi connectivity index (χ1v) is 8.46. The van der Waals surface area contributed by atoms with Gasteiger partial charge in [-0.25, -0.2) is 5.01 Å². The predicted octanol–water partition coefficient (Wildman–Crippen LogP) is 3.88. The van der Waals surface area contributed by atoms with E-state index in [1.165, 1.54) is 5.01 Å². The number of amides is 1. The monoisotopic (exact) mass is 338 g/mol. The first-order chi connectivity index (χ1) is 12.1. The molecular formula is C20H22N2O3. The highest BCUT2D eigenvalue weighted by atomic mass is 16.5. The fourth-order valence-electron chi connectivity index (χ4n) is 3.04. The van der Waals surface area contributed by atoms with E-state index in [1.54, 1.807) is 19.2 Å². The molecule has 0 aromatic heterocycles. The second-order valence-electron chi connectivity index (χ2n) is 6.04. The third-order valence-electron chi connectivity index (χ3n) is 4.35. The molecule has 0 spiro atoms. The molecule has 2 aromatic carbocycles. The van der Waals surface area contributed by atoms with Crippen LogP contribution < -0.4 is 4.74 Å². The van der Waals surface area contributed by atoms with Crippen LogP contribution in [0.3, 0.4) is 0 Å². The third-order valence-corrected chi connectivity index (χ3v) is 4.35. The Kier molecular flexibility index (Phi) is 5.03. The van der Waals surface area contributed by atoms with E-state index in [-0.39, 0.29) is 17.7 Å². The second kappa shape index (κ2) is 7.38. The largest absolute Gasteiger partial charge is 0.508 e. The summed E-state index contributed by atoms with van der Waals surface area (Å²) in [6.07, 6.45) is 1.76. The summed E-state index contributed by atoms with van der Waals surface area (Å²) in [7, 11) is 1.63. The highest BCUT2D eigenvalue weighted by Gasteiger charge is 2.33. The highest BCUT2D eigenvalue weighted by Crippen LogP contribution is 2.37. The lowest BCUT2D eigenvalue weighted by Crippen LogP contribution is -2.26. The Bertz CT molecular complexity index is 784. The summed E-state index contributed by atoms with van der Waals surface area (Å²) in [5.41, 5.74) is 2.51. The maximum absolute atomic E-state index is 12.5. The van der Waals surface area contributed by atoms with E-state index in [0.29, 0.717) is 12.8 Å². The highest BCUT2D eigenvalue weighted by molar-refractivity contribution is 6.03. The molecule has 3 rings (SSSR count). The number of carbonyl (C=O) groups excluding carboxylic acids is 1. The lowest BCUT2D eigenvalue weighted by atomic mass is 9.97. The lowest BCUT2D eigenvalue weighted by molar-refractivity contribution is -0.133. The molecule has 1 amide bonds. The van der Waals surface area contributed by atoms with Gasteiger partial charge < -0.3 is 9.84 Å². The third kappa shape index (κ3) is 3.50. The van der Waals surface area contributed by atoms with Crippen molar-refractivity contribution < 1.29 is 14.6 Å². The van der Waals surface area contributed by atoms with Gasteiger partial charge in [0.2, 0.25) is 5.91 Å². The maximum atomic E-state index is 12.5. The van der Waals surface area contributed by atoms with E-state index < -0.39 is 0 Å². The van der Waals surface area contributed by atoms with Gasteiger partial charge in [-0.15, -0.1) is 0 Å². The van der Waals surface area contributed by atoms with E-state index in [0.717, 1.165) is 29.0 Å². The average molecular weight is 338 g/mol. The number of para-hydroxylation sites is 1. The molecule has 5 nitrogen and oxygen atoms in total. The van der Waals surface area contributed by atoms with E-state index in [4.69, 9.17) is 4.74 Å². The number of methoxy groups -OCH3 is 1. The van der Waals surface area contributed by atoms with Crippen molar-refractivity contribution in [2.24, 2.45) is 5.10 Å². The minimum absolute atomic E-state index is 0.0285. The quantitative estimate of drug-likeness (QED) is 0.900. The van der Waals surface area contributed by atoms with Gasteiger partial charge in [0.05, 0.1) is 18.9 Å². The minimum atomic E-state index is -0.280. The zero-order chi connectivity index (χ0) is 17.8. The molecule has 0 unspecified atom stereocenters. The van der Waals surface area contributed by atoms with Crippen LogP contribution in [-0.4, -0.2) is 28.8 Å². The zero-order valence-corrected chi connectivity index (χ0v) is 14.5. The van der Waals surface area contributed by atoms with Crippen molar-refractivity contribution in [3.63, 3.8) is 0 Å². The van der Waals surface area contributed by atoms with Gasteiger partial charge in [-0.1, -0.05) is 25.1 Å². The van der Waals surface area contributed by atoms with Crippen LogP contribution in [0, 0.1) is 0 Å². The van der Waals surface area contributed by atoms with Crippen molar-refractivity contribution in [2.45, 2.75) is 32.2 Å². The first kappa shape index (κ1) is 17.0. The smallest absolute Gasteiger partial charge is 0.243 e. The van der Waals surface area contributed by atoms with Crippen LogP contribution in [-0.2, 0) is 4.79 Å². The van der Waals surface area contributed by atoms with Crippen molar-refractivity contribution in [2.75, 3.05) is 7.11 Å². The molecule has 25 heavy (non-hydrogen) atoms. The number of hydrazone groups is 1. The predicted molar refractivity (Wildman–Crippen MR) is 96.7 cm³/mol. The van der Waals surface area contributed by atoms with Crippen LogP contribution in [0.15, 0.2) is 53.6 Å². The summed E-state index contributed by atoms with van der Waals surface area (Å²) >= 11 is 0. The molecule has 2 aromatic rings. The summed E-state index contributed by atoms with van der Waals surface area (Å²) in [5, 5.41) is 16.3. The summed E-state index contributed by atoms with van der Waals surface area (Å²) in [6, 6.07) is 14.5. The van der Waals surface area contributed by atoms with Crippen LogP contribution in [0.1, 0.15) is 43.4 Å². The Morgan fingerprint density at radius 2 is 1.96 bits per heavy atom. The topological polar surface area (TPSA) is 62.1 Å². The number of phenolic OH excluding ortho intramolecular Hbond substituents is 1. The number of hydrogen-bond donors (Lipinski definition) is 1. The molecule has 1 heterocycles. The van der Waals surface area contributed by atoms with Crippen LogP contribution in [0.5, 0.6) is 11.5 Å². The standard InChI is InChI=1S/C20H22N2O3/c1-3-6-20(24)22-18(16-7-4-5-8-19(16)23)13-17(21-22)14-9-11-15(25-2)12-10-14/h4-5,7-12,18,23H,3,6,13H2,1-2H3/t18-/m0/s1. The molecule has 1 aliphatic rings. The van der Waals surface area contributed by atoms with E-state index >= 15 is 0 Å². The Balaban J connectivity index is 1.94. The van der Waals surface area contributed by atoms with Gasteiger partial charge in [0.25, 0.3) is 0 Å². The maximum Gasteiger partial charge on any atom is 0.243 e. The average Bonchev–Trinajstić information content (AvgIpc) is 3.07. The number of carbonyl (C=O) groups is 1. The minimum Gasteiger partial charge on any atom is -0.508 e. The van der Waals surface area contributed by atoms with Crippen molar-refractivity contribution in [1.29, 1.82) is 0 Å². The summed E-state index contributed by atoms with van der Waals surface area (Å²) in [6.45, 7) is 1.97. The molecule has 1 atom stereocenters. The molecule has 1 N–H and O–H groups in total. The molecule has 1 aliphatic heterocycles. The Morgan fingerprint density at radius 1 is 1.24 bits per heavy atom. The lowest BCUT2D eigenvalue weighted by Gasteiger charge is -2.22. The van der Waals surface area contributed by atoms with Crippen molar-refractivity contribution >= 4 is 11.6 Å². The molecule has 0 aliphatic carbocycles. The van der Waals surface area contributed by atoms with Gasteiger partial charge in [0.1, 0.15) is 11.5 Å². The molecule has 5 heteroatoms. The van der Waals surface area contributed by atoms with Gasteiger partial charge in [-0.2, -0.15) is 5.10 Å². The number of benzene rings is 2. The van der Waals surface area contributed by atoms with E-state index in [2.05, 4.69) is 5.10 Å². The molecule has 0 fully saturated rings. The molecule has 0 saturated carbocycles. The van der Waals surface area contributed by atoms with Gasteiger partial charge in [0, 0.05) is 18.4 Å². The SMILES string of the molecule is CCCC(=O)N1N=C(c2ccc(OC)cc2)C[C@H]1c1ccccc1O. The van der Waals surface area contributed by atoms with E-state index in [9.17, 15) is 9.90 Å². The summed E-state index contributed by atoms with van der Waals surface area (Å²) < 4.78 is 5.19. The number of aromatic hydroxyl groups is 1. The van der Waals surface area contributed by atoms with Gasteiger partial charge in [0.15, 0.2) is 0 Å². The summed E-state index contributed by atoms with van der Waals surface area (Å²) in [4.78, 5) is 12.5. The van der Waals surface area contributed by atoms with Gasteiger partial charge >= 0.3 is 0 Å². The molecule has 0 bridgehead atoms. The van der Waals surface area contributed by atoms with Crippen molar-refractivity contribution in [3.8, 4) is 11.5 Å². The van der Waals surface area contributed by atoms with Crippen molar-refractivity contribution in [1.82, 2.24) is 5.01 Å². The molecule has 0 saturated heterocycles. The van der Waals surface area contributed by atoms with Crippen LogP contribution >= 0.6 is 0 Å². The number of rotatable bonds is 5. The number of nitrogens with zero attached hydrogens (tertiary/aromatic N) is 2. The van der Waals surface area contributed by atoms with Crippen LogP contribution in [0.4, 0.5) is 0 Å². The number of phenols is 1. The van der Waals surface area contributed by atoms with Gasteiger partial charge in [-0.3, -0.25) is 4.79 Å². The Labute approximate surface area is 147 Å². The van der Waals surface area contributed by atoms with Crippen LogP contribution in [0.2, 0.25) is 0 Å². The fraction of sp³-hybridized carbons (Fsp3) is 0.300. The molecule has 0 radical (unpaired) electrons. The van der Waals surface area contributed by atoms with Crippen molar-refractivity contribution in [3.05, 3.63) is 59.7 Å². The summed E-state index contributed by atoms with van der Waals surface area (Å²) in [5.74, 6) is 0.936.